The number of amides is 1. The van der Waals surface area contributed by atoms with Crippen molar-refractivity contribution in [1.29, 1.82) is 0 Å². The van der Waals surface area contributed by atoms with E-state index in [0.29, 0.717) is 11.3 Å². The van der Waals surface area contributed by atoms with Crippen molar-refractivity contribution in [2.75, 3.05) is 20.3 Å². The third-order valence-corrected chi connectivity index (χ3v) is 4.88. The van der Waals surface area contributed by atoms with Crippen LogP contribution in [0.25, 0.3) is 10.6 Å². The third kappa shape index (κ3) is 4.16. The maximum Gasteiger partial charge on any atom is 0.270 e. The van der Waals surface area contributed by atoms with Crippen molar-refractivity contribution in [2.45, 2.75) is 5.60 Å². The molecule has 0 spiro atoms. The molecule has 2 aromatic carbocycles. The molecule has 0 fully saturated rings. The van der Waals surface area contributed by atoms with Crippen LogP contribution in [0, 0.1) is 0 Å². The van der Waals surface area contributed by atoms with Crippen molar-refractivity contribution >= 4 is 17.2 Å². The maximum absolute atomic E-state index is 12.5. The van der Waals surface area contributed by atoms with Gasteiger partial charge in [0, 0.05) is 18.1 Å². The number of ether oxygens (including phenoxy) is 1. The molecule has 0 saturated carbocycles. The number of methoxy groups -OCH3 is 1. The molecule has 3 aromatic rings. The molecule has 26 heavy (non-hydrogen) atoms. The Bertz CT molecular complexity index is 852. The van der Waals surface area contributed by atoms with Crippen molar-refractivity contribution in [2.24, 2.45) is 0 Å². The molecule has 0 aliphatic carbocycles. The van der Waals surface area contributed by atoms with Crippen LogP contribution in [0.2, 0.25) is 0 Å². The lowest BCUT2D eigenvalue weighted by Gasteiger charge is -2.28. The van der Waals surface area contributed by atoms with Gasteiger partial charge in [0.05, 0.1) is 13.2 Å². The minimum Gasteiger partial charge on any atom is -0.381 e. The zero-order valence-electron chi connectivity index (χ0n) is 14.4. The van der Waals surface area contributed by atoms with E-state index >= 15 is 0 Å². The van der Waals surface area contributed by atoms with Gasteiger partial charge in [0.15, 0.2) is 0 Å². The highest BCUT2D eigenvalue weighted by Gasteiger charge is 2.30. The number of nitrogens with zero attached hydrogens (tertiary/aromatic N) is 1. The topological polar surface area (TPSA) is 71.5 Å². The van der Waals surface area contributed by atoms with Gasteiger partial charge in [-0.05, 0) is 5.56 Å². The van der Waals surface area contributed by atoms with E-state index in [1.54, 1.807) is 5.38 Å². The summed E-state index contributed by atoms with van der Waals surface area (Å²) in [5, 5.41) is 16.2. The van der Waals surface area contributed by atoms with Crippen LogP contribution in [0.5, 0.6) is 0 Å². The van der Waals surface area contributed by atoms with Gasteiger partial charge in [0.2, 0.25) is 0 Å². The number of aromatic nitrogens is 1. The maximum atomic E-state index is 12.5. The van der Waals surface area contributed by atoms with Crippen LogP contribution in [0.1, 0.15) is 16.1 Å². The summed E-state index contributed by atoms with van der Waals surface area (Å²) in [5.74, 6) is -0.325. The van der Waals surface area contributed by atoms with Gasteiger partial charge in [0.1, 0.15) is 16.3 Å². The van der Waals surface area contributed by atoms with Crippen LogP contribution in [0.15, 0.2) is 66.0 Å². The van der Waals surface area contributed by atoms with Gasteiger partial charge in [0.25, 0.3) is 5.91 Å². The standard InChI is InChI=1S/C20H20N2O3S/c1-25-14-20(24,16-10-6-3-7-11-16)13-21-18(23)17-12-26-19(22-17)15-8-4-2-5-9-15/h2-12,24H,13-14H2,1H3,(H,21,23)/t20-/m0/s1. The van der Waals surface area contributed by atoms with E-state index in [1.807, 2.05) is 60.7 Å². The minimum absolute atomic E-state index is 0.0296. The Morgan fingerprint density at radius 2 is 1.81 bits per heavy atom. The Hall–Kier alpha value is -2.54. The summed E-state index contributed by atoms with van der Waals surface area (Å²) >= 11 is 1.41. The average molecular weight is 368 g/mol. The van der Waals surface area contributed by atoms with Crippen LogP contribution in [-0.4, -0.2) is 36.3 Å². The second kappa shape index (κ2) is 8.23. The average Bonchev–Trinajstić information content (AvgIpc) is 3.18. The number of nitrogens with one attached hydrogen (secondary N) is 1. The van der Waals surface area contributed by atoms with E-state index < -0.39 is 5.60 Å². The molecule has 0 saturated heterocycles. The number of aliphatic hydroxyl groups is 1. The minimum atomic E-state index is -1.30. The summed E-state index contributed by atoms with van der Waals surface area (Å²) in [7, 11) is 1.52. The Balaban J connectivity index is 1.70. The molecule has 0 bridgehead atoms. The smallest absolute Gasteiger partial charge is 0.270 e. The molecular formula is C20H20N2O3S. The summed E-state index contributed by atoms with van der Waals surface area (Å²) in [6.07, 6.45) is 0. The number of benzene rings is 2. The van der Waals surface area contributed by atoms with E-state index in [2.05, 4.69) is 10.3 Å². The molecule has 0 aliphatic heterocycles. The second-order valence-corrected chi connectivity index (χ2v) is 6.78. The van der Waals surface area contributed by atoms with Gasteiger partial charge in [-0.3, -0.25) is 4.79 Å². The fraction of sp³-hybridized carbons (Fsp3) is 0.200. The van der Waals surface area contributed by atoms with Crippen molar-refractivity contribution in [1.82, 2.24) is 10.3 Å². The molecule has 0 aliphatic rings. The van der Waals surface area contributed by atoms with Crippen molar-refractivity contribution < 1.29 is 14.6 Å². The SMILES string of the molecule is COC[C@@](O)(CNC(=O)c1csc(-c2ccccc2)n1)c1ccccc1. The van der Waals surface area contributed by atoms with E-state index in [4.69, 9.17) is 4.74 Å². The van der Waals surface area contributed by atoms with Gasteiger partial charge in [-0.15, -0.1) is 11.3 Å². The first-order chi connectivity index (χ1) is 12.6. The highest BCUT2D eigenvalue weighted by Crippen LogP contribution is 2.24. The monoisotopic (exact) mass is 368 g/mol. The Kier molecular flexibility index (Phi) is 5.78. The molecule has 2 N–H and O–H groups in total. The van der Waals surface area contributed by atoms with Crippen LogP contribution in [0.3, 0.4) is 0 Å². The molecule has 5 nitrogen and oxygen atoms in total. The molecular weight excluding hydrogens is 348 g/mol. The number of carbonyl (C=O) groups is 1. The van der Waals surface area contributed by atoms with Crippen LogP contribution >= 0.6 is 11.3 Å². The fourth-order valence-corrected chi connectivity index (χ4v) is 3.44. The van der Waals surface area contributed by atoms with Crippen LogP contribution in [-0.2, 0) is 10.3 Å². The molecule has 0 unspecified atom stereocenters. The normalized spacial score (nSPS) is 13.2. The highest BCUT2D eigenvalue weighted by atomic mass is 32.1. The molecule has 3 rings (SSSR count). The van der Waals surface area contributed by atoms with Crippen molar-refractivity contribution in [3.8, 4) is 10.6 Å². The first kappa shape index (κ1) is 18.3. The summed E-state index contributed by atoms with van der Waals surface area (Å²) in [6, 6.07) is 18.9. The predicted molar refractivity (Wildman–Crippen MR) is 102 cm³/mol. The molecule has 0 radical (unpaired) electrons. The van der Waals surface area contributed by atoms with Gasteiger partial charge in [-0.25, -0.2) is 4.98 Å². The van der Waals surface area contributed by atoms with Gasteiger partial charge >= 0.3 is 0 Å². The zero-order valence-corrected chi connectivity index (χ0v) is 15.2. The lowest BCUT2D eigenvalue weighted by Crippen LogP contribution is -2.44. The van der Waals surface area contributed by atoms with E-state index in [1.165, 1.54) is 18.4 Å². The van der Waals surface area contributed by atoms with Crippen molar-refractivity contribution in [3.05, 3.63) is 77.3 Å². The van der Waals surface area contributed by atoms with Crippen molar-refractivity contribution in [3.63, 3.8) is 0 Å². The molecule has 1 heterocycles. The molecule has 134 valence electrons. The van der Waals surface area contributed by atoms with Crippen LogP contribution < -0.4 is 5.32 Å². The quantitative estimate of drug-likeness (QED) is 0.672. The van der Waals surface area contributed by atoms with E-state index in [-0.39, 0.29) is 19.1 Å². The highest BCUT2D eigenvalue weighted by molar-refractivity contribution is 7.13. The van der Waals surface area contributed by atoms with Gasteiger partial charge in [-0.1, -0.05) is 60.7 Å². The summed E-state index contributed by atoms with van der Waals surface area (Å²) in [5.41, 5.74) is 0.688. The lowest BCUT2D eigenvalue weighted by atomic mass is 9.94. The van der Waals surface area contributed by atoms with E-state index in [9.17, 15) is 9.90 Å². The Morgan fingerprint density at radius 3 is 2.46 bits per heavy atom. The largest absolute Gasteiger partial charge is 0.381 e. The zero-order chi connectivity index (χ0) is 18.4. The molecule has 6 heteroatoms. The van der Waals surface area contributed by atoms with E-state index in [0.717, 1.165) is 10.6 Å². The number of thiazole rings is 1. The van der Waals surface area contributed by atoms with Gasteiger partial charge < -0.3 is 15.2 Å². The lowest BCUT2D eigenvalue weighted by molar-refractivity contribution is -0.0335. The molecule has 1 amide bonds. The molecule has 1 atom stereocenters. The first-order valence-corrected chi connectivity index (χ1v) is 9.06. The summed E-state index contributed by atoms with van der Waals surface area (Å²) in [4.78, 5) is 16.8. The van der Waals surface area contributed by atoms with Crippen LogP contribution in [0.4, 0.5) is 0 Å². The molecule has 1 aromatic heterocycles. The first-order valence-electron chi connectivity index (χ1n) is 8.18. The third-order valence-electron chi connectivity index (χ3n) is 3.99. The fourth-order valence-electron chi connectivity index (χ4n) is 2.63. The number of rotatable bonds is 7. The summed E-state index contributed by atoms with van der Waals surface area (Å²) in [6.45, 7) is 0.103. The Labute approximate surface area is 156 Å². The summed E-state index contributed by atoms with van der Waals surface area (Å²) < 4.78 is 5.15. The number of hydrogen-bond donors (Lipinski definition) is 2. The number of carbonyl (C=O) groups excluding carboxylic acids is 1. The van der Waals surface area contributed by atoms with Gasteiger partial charge in [-0.2, -0.15) is 0 Å². The number of hydrogen-bond acceptors (Lipinski definition) is 5. The second-order valence-electron chi connectivity index (χ2n) is 5.92. The predicted octanol–water partition coefficient (Wildman–Crippen LogP) is 3.07. The Morgan fingerprint density at radius 1 is 1.15 bits per heavy atom.